The molecule has 0 bridgehead atoms. The van der Waals surface area contributed by atoms with Gasteiger partial charge in [-0.15, -0.1) is 0 Å². The third kappa shape index (κ3) is 3.27. The first kappa shape index (κ1) is 14.6. The summed E-state index contributed by atoms with van der Waals surface area (Å²) in [7, 11) is 0. The van der Waals surface area contributed by atoms with Gasteiger partial charge in [0, 0.05) is 29.7 Å². The minimum Gasteiger partial charge on any atom is -0.550 e. The van der Waals surface area contributed by atoms with Crippen LogP contribution in [0.1, 0.15) is 43.3 Å². The largest absolute Gasteiger partial charge is 1.00 e. The molecule has 1 unspecified atom stereocenters. The number of nitrogens with zero attached hydrogens (tertiary/aromatic N) is 2. The molecule has 0 N–H and O–H groups in total. The Bertz CT molecular complexity index is 421. The number of carbonyl (C=O) groups excluding carboxylic acids is 1. The maximum absolute atomic E-state index is 10.8. The monoisotopic (exact) mass is 242 g/mol. The second kappa shape index (κ2) is 5.94. The fraction of sp³-hybridized carbons (Fsp3) is 0.583. The van der Waals surface area contributed by atoms with Crippen LogP contribution in [0.3, 0.4) is 0 Å². The molecule has 17 heavy (non-hydrogen) atoms. The first-order valence-corrected chi connectivity index (χ1v) is 5.63. The molecule has 5 heteroatoms. The van der Waals surface area contributed by atoms with Crippen molar-refractivity contribution in [2.45, 2.75) is 39.0 Å². The first-order chi connectivity index (χ1) is 7.58. The van der Waals surface area contributed by atoms with Crippen LogP contribution in [-0.4, -0.2) is 15.9 Å². The van der Waals surface area contributed by atoms with E-state index in [0.717, 1.165) is 23.5 Å². The number of aliphatic carboxylic acids is 1. The molecule has 86 valence electrons. The van der Waals surface area contributed by atoms with E-state index >= 15 is 0 Å². The Morgan fingerprint density at radius 2 is 2.24 bits per heavy atom. The summed E-state index contributed by atoms with van der Waals surface area (Å²) in [6.45, 7) is 4.10. The van der Waals surface area contributed by atoms with Gasteiger partial charge in [-0.1, -0.05) is 13.8 Å². The van der Waals surface area contributed by atoms with Crippen molar-refractivity contribution in [3.8, 4) is 0 Å². The van der Waals surface area contributed by atoms with E-state index in [-0.39, 0.29) is 35.5 Å². The molecule has 0 saturated carbocycles. The fourth-order valence-corrected chi connectivity index (χ4v) is 2.00. The van der Waals surface area contributed by atoms with Crippen molar-refractivity contribution in [1.82, 2.24) is 9.97 Å². The summed E-state index contributed by atoms with van der Waals surface area (Å²) in [4.78, 5) is 19.5. The minimum atomic E-state index is -0.960. The van der Waals surface area contributed by atoms with Gasteiger partial charge < -0.3 is 9.90 Å². The van der Waals surface area contributed by atoms with Crippen molar-refractivity contribution in [3.05, 3.63) is 23.3 Å². The predicted molar refractivity (Wildman–Crippen MR) is 56.6 cm³/mol. The van der Waals surface area contributed by atoms with E-state index in [1.165, 1.54) is 0 Å². The Morgan fingerprint density at radius 3 is 2.82 bits per heavy atom. The molecule has 0 amide bonds. The van der Waals surface area contributed by atoms with Gasteiger partial charge in [0.05, 0.1) is 0 Å². The average molecular weight is 242 g/mol. The number of carbonyl (C=O) groups is 1. The molecule has 1 aliphatic carbocycles. The number of rotatable bonds is 2. The van der Waals surface area contributed by atoms with Gasteiger partial charge in [-0.2, -0.15) is 0 Å². The summed E-state index contributed by atoms with van der Waals surface area (Å²) < 4.78 is 0. The van der Waals surface area contributed by atoms with E-state index in [0.29, 0.717) is 18.8 Å². The molecule has 1 atom stereocenters. The van der Waals surface area contributed by atoms with E-state index in [1.807, 2.05) is 0 Å². The maximum atomic E-state index is 10.8. The molecule has 1 aromatic heterocycles. The first-order valence-electron chi connectivity index (χ1n) is 5.63. The number of fused-ring (bicyclic) bond motifs is 1. The third-order valence-corrected chi connectivity index (χ3v) is 3.02. The van der Waals surface area contributed by atoms with Gasteiger partial charge >= 0.3 is 29.6 Å². The topological polar surface area (TPSA) is 65.9 Å². The molecule has 0 aromatic carbocycles. The van der Waals surface area contributed by atoms with Crippen molar-refractivity contribution in [2.24, 2.45) is 5.92 Å². The van der Waals surface area contributed by atoms with Crippen LogP contribution in [0, 0.1) is 5.92 Å². The van der Waals surface area contributed by atoms with Crippen molar-refractivity contribution in [3.63, 3.8) is 0 Å². The number of hydrogen-bond acceptors (Lipinski definition) is 4. The quantitative estimate of drug-likeness (QED) is 0.536. The van der Waals surface area contributed by atoms with E-state index in [2.05, 4.69) is 23.8 Å². The number of hydrogen-bond donors (Lipinski definition) is 0. The number of aryl methyl sites for hydroxylation is 1. The Balaban J connectivity index is 0.00000144. The molecule has 1 aromatic rings. The van der Waals surface area contributed by atoms with Gasteiger partial charge in [0.15, 0.2) is 0 Å². The Hall–Kier alpha value is -0.450. The molecule has 0 saturated heterocycles. The smallest absolute Gasteiger partial charge is 0.550 e. The summed E-state index contributed by atoms with van der Waals surface area (Å²) in [5.41, 5.74) is 1.97. The summed E-state index contributed by atoms with van der Waals surface area (Å²) in [5.74, 6) is -0.186. The SMILES string of the molecule is CC(C)c1ncc2c(n1)CCC(C(=O)[O-])C2.[Na+]. The summed E-state index contributed by atoms with van der Waals surface area (Å²) in [6, 6.07) is 0. The zero-order valence-electron chi connectivity index (χ0n) is 10.6. The summed E-state index contributed by atoms with van der Waals surface area (Å²) in [6.07, 6.45) is 3.63. The maximum Gasteiger partial charge on any atom is 1.00 e. The Kier molecular flexibility index (Phi) is 5.10. The Labute approximate surface area is 123 Å². The molecule has 0 fully saturated rings. The standard InChI is InChI=1S/C12H16N2O2.Na/c1-7(2)11-13-6-9-5-8(12(15)16)3-4-10(9)14-11;/h6-8H,3-5H2,1-2H3,(H,15,16);/q;+1/p-1. The second-order valence-electron chi connectivity index (χ2n) is 4.61. The van der Waals surface area contributed by atoms with Crippen molar-refractivity contribution >= 4 is 5.97 Å². The average Bonchev–Trinajstić information content (AvgIpc) is 2.27. The van der Waals surface area contributed by atoms with E-state index in [9.17, 15) is 9.90 Å². The van der Waals surface area contributed by atoms with Crippen LogP contribution < -0.4 is 34.7 Å². The Morgan fingerprint density at radius 1 is 1.53 bits per heavy atom. The van der Waals surface area contributed by atoms with Crippen molar-refractivity contribution in [1.29, 1.82) is 0 Å². The summed E-state index contributed by atoms with van der Waals surface area (Å²) in [5, 5.41) is 10.8. The number of aromatic nitrogens is 2. The molecule has 1 aliphatic rings. The van der Waals surface area contributed by atoms with Crippen LogP contribution in [0.2, 0.25) is 0 Å². The van der Waals surface area contributed by atoms with Gasteiger partial charge in [-0.3, -0.25) is 0 Å². The van der Waals surface area contributed by atoms with Gasteiger partial charge in [-0.05, 0) is 24.8 Å². The van der Waals surface area contributed by atoms with Crippen LogP contribution in [0.15, 0.2) is 6.20 Å². The zero-order valence-corrected chi connectivity index (χ0v) is 12.6. The number of carboxylic acids is 1. The minimum absolute atomic E-state index is 0. The van der Waals surface area contributed by atoms with Gasteiger partial charge in [0.1, 0.15) is 5.82 Å². The van der Waals surface area contributed by atoms with E-state index in [4.69, 9.17) is 0 Å². The van der Waals surface area contributed by atoms with Crippen LogP contribution in [0.5, 0.6) is 0 Å². The van der Waals surface area contributed by atoms with Crippen LogP contribution >= 0.6 is 0 Å². The normalized spacial score (nSPS) is 18.4. The molecule has 0 spiro atoms. The summed E-state index contributed by atoms with van der Waals surface area (Å²) >= 11 is 0. The molecule has 1 heterocycles. The predicted octanol–water partition coefficient (Wildman–Crippen LogP) is -2.54. The third-order valence-electron chi connectivity index (χ3n) is 3.02. The van der Waals surface area contributed by atoms with Gasteiger partial charge in [0.25, 0.3) is 0 Å². The number of carboxylic acid groups (broad SMARTS) is 1. The molecular weight excluding hydrogens is 227 g/mol. The zero-order chi connectivity index (χ0) is 11.7. The van der Waals surface area contributed by atoms with Crippen LogP contribution in [0.4, 0.5) is 0 Å². The van der Waals surface area contributed by atoms with E-state index in [1.54, 1.807) is 6.20 Å². The van der Waals surface area contributed by atoms with Crippen molar-refractivity contribution < 1.29 is 39.5 Å². The van der Waals surface area contributed by atoms with Crippen LogP contribution in [0.25, 0.3) is 0 Å². The van der Waals surface area contributed by atoms with Crippen molar-refractivity contribution in [2.75, 3.05) is 0 Å². The van der Waals surface area contributed by atoms with E-state index < -0.39 is 5.97 Å². The van der Waals surface area contributed by atoms with Gasteiger partial charge in [0.2, 0.25) is 0 Å². The molecular formula is C12H15N2NaO2. The molecule has 2 rings (SSSR count). The fourth-order valence-electron chi connectivity index (χ4n) is 2.00. The van der Waals surface area contributed by atoms with Gasteiger partial charge in [-0.25, -0.2) is 9.97 Å². The molecule has 0 aliphatic heterocycles. The molecule has 4 nitrogen and oxygen atoms in total. The molecule has 0 radical (unpaired) electrons. The van der Waals surface area contributed by atoms with Crippen LogP contribution in [-0.2, 0) is 17.6 Å². The second-order valence-corrected chi connectivity index (χ2v) is 4.61.